The predicted octanol–water partition coefficient (Wildman–Crippen LogP) is 1.51. The second-order valence-electron chi connectivity index (χ2n) is 4.93. The lowest BCUT2D eigenvalue weighted by Gasteiger charge is -2.26. The zero-order chi connectivity index (χ0) is 12.9. The normalized spacial score (nSPS) is 40.1. The number of hydrogen-bond acceptors (Lipinski definition) is 6. The number of carbonyl (C=O) groups is 2. The Kier molecular flexibility index (Phi) is 2.77. The van der Waals surface area contributed by atoms with Crippen molar-refractivity contribution in [3.05, 3.63) is 12.2 Å². The molecule has 0 spiro atoms. The Morgan fingerprint density at radius 1 is 1.50 bits per heavy atom. The van der Waals surface area contributed by atoms with Gasteiger partial charge in [0.2, 0.25) is 0 Å². The lowest BCUT2D eigenvalue weighted by molar-refractivity contribution is -0.140. The molecule has 3 aliphatic heterocycles. The highest BCUT2D eigenvalue weighted by Gasteiger charge is 2.60. The van der Waals surface area contributed by atoms with Gasteiger partial charge >= 0.3 is 12.1 Å². The maximum Gasteiger partial charge on any atom is 0.509 e. The summed E-state index contributed by atoms with van der Waals surface area (Å²) in [6.45, 7) is 5.53. The van der Waals surface area contributed by atoms with Gasteiger partial charge in [0.25, 0.3) is 0 Å². The van der Waals surface area contributed by atoms with Gasteiger partial charge in [-0.1, -0.05) is 6.58 Å². The molecule has 5 atom stereocenters. The van der Waals surface area contributed by atoms with E-state index in [0.29, 0.717) is 12.2 Å². The molecule has 0 aromatic rings. The molecule has 5 unspecified atom stereocenters. The Morgan fingerprint density at radius 2 is 2.22 bits per heavy atom. The van der Waals surface area contributed by atoms with Crippen LogP contribution in [0.25, 0.3) is 0 Å². The van der Waals surface area contributed by atoms with Gasteiger partial charge in [-0.25, -0.2) is 9.59 Å². The summed E-state index contributed by atoms with van der Waals surface area (Å²) >= 11 is 1.78. The van der Waals surface area contributed by atoms with Crippen LogP contribution in [0.3, 0.4) is 0 Å². The lowest BCUT2D eigenvalue weighted by Crippen LogP contribution is -2.41. The molecule has 3 fully saturated rings. The first-order valence-electron chi connectivity index (χ1n) is 5.91. The van der Waals surface area contributed by atoms with Gasteiger partial charge in [0.05, 0.1) is 11.9 Å². The summed E-state index contributed by atoms with van der Waals surface area (Å²) in [5, 5.41) is 0.462. The summed E-state index contributed by atoms with van der Waals surface area (Å²) in [4.78, 5) is 22.4. The molecule has 0 radical (unpaired) electrons. The van der Waals surface area contributed by atoms with E-state index >= 15 is 0 Å². The van der Waals surface area contributed by atoms with Crippen LogP contribution in [0.15, 0.2) is 12.2 Å². The van der Waals surface area contributed by atoms with Gasteiger partial charge in [0.1, 0.15) is 0 Å². The number of rotatable bonds is 3. The molecule has 5 nitrogen and oxygen atoms in total. The predicted molar refractivity (Wildman–Crippen MR) is 64.2 cm³/mol. The molecule has 2 bridgehead atoms. The third-order valence-electron chi connectivity index (χ3n) is 3.59. The maximum atomic E-state index is 11.3. The van der Waals surface area contributed by atoms with Crippen molar-refractivity contribution in [3.8, 4) is 0 Å². The Labute approximate surface area is 109 Å². The molecule has 0 amide bonds. The van der Waals surface area contributed by atoms with Crippen LogP contribution < -0.4 is 0 Å². The van der Waals surface area contributed by atoms with Crippen molar-refractivity contribution in [2.45, 2.75) is 36.1 Å². The molecule has 0 aliphatic carbocycles. The van der Waals surface area contributed by atoms with E-state index in [9.17, 15) is 9.59 Å². The minimum Gasteiger partial charge on any atom is -0.462 e. The Balaban J connectivity index is 1.60. The molecule has 3 saturated heterocycles. The van der Waals surface area contributed by atoms with Crippen molar-refractivity contribution in [2.24, 2.45) is 5.92 Å². The third-order valence-corrected chi connectivity index (χ3v) is 5.36. The Morgan fingerprint density at radius 3 is 2.94 bits per heavy atom. The van der Waals surface area contributed by atoms with Crippen LogP contribution in [0, 0.1) is 5.92 Å². The van der Waals surface area contributed by atoms with Gasteiger partial charge < -0.3 is 14.2 Å². The van der Waals surface area contributed by atoms with Crippen LogP contribution in [0.5, 0.6) is 0 Å². The minimum atomic E-state index is -0.570. The number of hydrogen-bond donors (Lipinski definition) is 0. The van der Waals surface area contributed by atoms with Crippen LogP contribution in [0.4, 0.5) is 4.79 Å². The lowest BCUT2D eigenvalue weighted by atomic mass is 9.86. The monoisotopic (exact) mass is 270 g/mol. The maximum absolute atomic E-state index is 11.3. The smallest absolute Gasteiger partial charge is 0.462 e. The van der Waals surface area contributed by atoms with Crippen LogP contribution in [0.1, 0.15) is 13.3 Å². The van der Waals surface area contributed by atoms with Gasteiger partial charge in [-0.15, -0.1) is 11.8 Å². The van der Waals surface area contributed by atoms with E-state index in [4.69, 9.17) is 14.2 Å². The zero-order valence-corrected chi connectivity index (χ0v) is 10.8. The minimum absolute atomic E-state index is 0.111. The van der Waals surface area contributed by atoms with Gasteiger partial charge in [-0.05, 0) is 13.3 Å². The average molecular weight is 270 g/mol. The summed E-state index contributed by atoms with van der Waals surface area (Å²) in [6.07, 6.45) is 0.0478. The first-order valence-corrected chi connectivity index (χ1v) is 6.86. The second kappa shape index (κ2) is 4.19. The average Bonchev–Trinajstić information content (AvgIpc) is 2.95. The number of carbonyl (C=O) groups excluding carboxylic acids is 2. The fraction of sp³-hybridized carbons (Fsp3) is 0.667. The second-order valence-corrected chi connectivity index (χ2v) is 6.35. The van der Waals surface area contributed by atoms with Gasteiger partial charge in [0, 0.05) is 16.7 Å². The van der Waals surface area contributed by atoms with Crippen molar-refractivity contribution < 1.29 is 23.8 Å². The topological polar surface area (TPSA) is 61.8 Å². The molecular weight excluding hydrogens is 256 g/mol. The van der Waals surface area contributed by atoms with E-state index in [0.717, 1.165) is 6.42 Å². The summed E-state index contributed by atoms with van der Waals surface area (Å²) in [5.41, 5.74) is 0.402. The third kappa shape index (κ3) is 1.79. The Bertz CT molecular complexity index is 421. The quantitative estimate of drug-likeness (QED) is 0.572. The molecule has 18 heavy (non-hydrogen) atoms. The molecule has 3 aliphatic rings. The first kappa shape index (κ1) is 11.9. The van der Waals surface area contributed by atoms with E-state index < -0.39 is 6.16 Å². The highest BCUT2D eigenvalue weighted by atomic mass is 32.2. The van der Waals surface area contributed by atoms with Crippen molar-refractivity contribution in [1.82, 2.24) is 0 Å². The summed E-state index contributed by atoms with van der Waals surface area (Å²) < 4.78 is 15.5. The molecular formula is C12H14O5S. The van der Waals surface area contributed by atoms with Gasteiger partial charge in [0.15, 0.2) is 12.2 Å². The molecule has 3 rings (SSSR count). The Hall–Kier alpha value is -1.17. The van der Waals surface area contributed by atoms with Crippen LogP contribution in [-0.2, 0) is 19.0 Å². The fourth-order valence-electron chi connectivity index (χ4n) is 2.75. The molecule has 0 N–H and O–H groups in total. The molecule has 6 heteroatoms. The van der Waals surface area contributed by atoms with Crippen molar-refractivity contribution in [2.75, 3.05) is 6.61 Å². The number of fused-ring (bicyclic) bond motifs is 5. The molecule has 3 heterocycles. The van der Waals surface area contributed by atoms with Crippen LogP contribution in [0.2, 0.25) is 0 Å². The van der Waals surface area contributed by atoms with E-state index in [1.807, 2.05) is 0 Å². The standard InChI is InChI=1S/C12H14O5S/c1-5(2)11(13)15-4-6-3-7-8-9(10(6)18-7)17-12(14)16-8/h6-10H,1,3-4H2,2H3. The van der Waals surface area contributed by atoms with Crippen LogP contribution in [-0.4, -0.2) is 41.4 Å². The number of thioether (sulfide) groups is 1. The first-order chi connectivity index (χ1) is 8.56. The number of esters is 1. The van der Waals surface area contributed by atoms with Gasteiger partial charge in [-0.3, -0.25) is 0 Å². The van der Waals surface area contributed by atoms with E-state index in [1.165, 1.54) is 0 Å². The number of ether oxygens (including phenoxy) is 3. The van der Waals surface area contributed by atoms with E-state index in [-0.39, 0.29) is 34.6 Å². The molecule has 0 aromatic heterocycles. The van der Waals surface area contributed by atoms with E-state index in [2.05, 4.69) is 6.58 Å². The van der Waals surface area contributed by atoms with Crippen molar-refractivity contribution in [3.63, 3.8) is 0 Å². The van der Waals surface area contributed by atoms with Gasteiger partial charge in [-0.2, -0.15) is 0 Å². The molecule has 98 valence electrons. The van der Waals surface area contributed by atoms with Crippen LogP contribution >= 0.6 is 11.8 Å². The summed E-state index contributed by atoms with van der Waals surface area (Å²) in [7, 11) is 0. The van der Waals surface area contributed by atoms with Crippen molar-refractivity contribution in [1.29, 1.82) is 0 Å². The van der Waals surface area contributed by atoms with Crippen molar-refractivity contribution >= 4 is 23.9 Å². The van der Waals surface area contributed by atoms with E-state index in [1.54, 1.807) is 18.7 Å². The highest BCUT2D eigenvalue weighted by molar-refractivity contribution is 8.01. The molecule has 0 saturated carbocycles. The summed E-state index contributed by atoms with van der Waals surface area (Å²) in [6, 6.07) is 0. The SMILES string of the molecule is C=C(C)C(=O)OCC1CC2SC1C1OC(=O)OC21. The highest BCUT2D eigenvalue weighted by Crippen LogP contribution is 2.53. The molecule has 0 aromatic carbocycles. The largest absolute Gasteiger partial charge is 0.509 e. The zero-order valence-electron chi connectivity index (χ0n) is 9.96. The fourth-order valence-corrected chi connectivity index (χ4v) is 4.66. The summed E-state index contributed by atoms with van der Waals surface area (Å²) in [5.74, 6) is -0.127.